The summed E-state index contributed by atoms with van der Waals surface area (Å²) >= 11 is 0. The molecule has 3 nitrogen and oxygen atoms in total. The Labute approximate surface area is 84.4 Å². The van der Waals surface area contributed by atoms with Gasteiger partial charge in [0.15, 0.2) is 10.1 Å². The molecule has 0 bridgehead atoms. The first-order valence-corrected chi connectivity index (χ1v) is 4.18. The van der Waals surface area contributed by atoms with E-state index >= 15 is 0 Å². The zero-order valence-corrected chi connectivity index (χ0v) is 7.67. The summed E-state index contributed by atoms with van der Waals surface area (Å²) < 4.78 is 77.3. The van der Waals surface area contributed by atoms with Crippen molar-refractivity contribution in [2.75, 3.05) is 0 Å². The minimum absolute atomic E-state index is 0. The van der Waals surface area contributed by atoms with Gasteiger partial charge in [0.2, 0.25) is 0 Å². The third kappa shape index (κ3) is 2.84. The van der Waals surface area contributed by atoms with E-state index in [1.165, 1.54) is 0 Å². The number of halogens is 4. The molecule has 0 aliphatic heterocycles. The Bertz CT molecular complexity index is 263. The molecule has 9 heteroatoms. The molecule has 0 amide bonds. The number of hydrogen-bond donors (Lipinski definition) is 0. The minimum Gasteiger partial charge on any atom is -0.743 e. The summed E-state index contributed by atoms with van der Waals surface area (Å²) in [5, 5.41) is -5.53. The fourth-order valence-electron chi connectivity index (χ4n) is 0.389. The number of alkyl halides is 4. The largest absolute Gasteiger partial charge is 1.00 e. The smallest absolute Gasteiger partial charge is 0.743 e. The summed E-state index contributed by atoms with van der Waals surface area (Å²) in [5.74, 6) is -4.81. The molecule has 0 aromatic rings. The minimum atomic E-state index is -6.31. The van der Waals surface area contributed by atoms with Crippen molar-refractivity contribution in [3.8, 4) is 0 Å². The van der Waals surface area contributed by atoms with Crippen LogP contribution in [0.3, 0.4) is 0 Å². The topological polar surface area (TPSA) is 57.2 Å². The van der Waals surface area contributed by atoms with Gasteiger partial charge in [-0.05, 0) is 0 Å². The first-order valence-electron chi connectivity index (χ1n) is 2.77. The molecule has 0 aromatic carbocycles. The van der Waals surface area contributed by atoms with Crippen molar-refractivity contribution in [3.05, 3.63) is 0 Å². The van der Waals surface area contributed by atoms with Gasteiger partial charge in [0.25, 0.3) is 0 Å². The van der Waals surface area contributed by atoms with Crippen molar-refractivity contribution in [3.63, 3.8) is 0 Å². The van der Waals surface area contributed by atoms with E-state index in [2.05, 4.69) is 0 Å². The van der Waals surface area contributed by atoms with Gasteiger partial charge in [-0.1, -0.05) is 6.92 Å². The van der Waals surface area contributed by atoms with Crippen LogP contribution in [0.5, 0.6) is 0 Å². The van der Waals surface area contributed by atoms with Gasteiger partial charge in [0.05, 0.1) is 0 Å². The molecular weight excluding hydrogens is 211 g/mol. The van der Waals surface area contributed by atoms with Gasteiger partial charge in [-0.3, -0.25) is 0 Å². The molecule has 0 aromatic heterocycles. The van der Waals surface area contributed by atoms with Gasteiger partial charge in [-0.2, -0.15) is 17.6 Å². The summed E-state index contributed by atoms with van der Waals surface area (Å²) in [7, 11) is -6.31. The van der Waals surface area contributed by atoms with Crippen LogP contribution in [-0.2, 0) is 10.1 Å². The monoisotopic (exact) mass is 216 g/mol. The van der Waals surface area contributed by atoms with Crippen molar-refractivity contribution >= 4 is 10.1 Å². The Hall–Kier alpha value is 0.227. The first-order chi connectivity index (χ1) is 5.06. The summed E-state index contributed by atoms with van der Waals surface area (Å²) in [5.41, 5.74) is 0. The average molecular weight is 216 g/mol. The molecule has 0 atom stereocenters. The first kappa shape index (κ1) is 15.7. The van der Waals surface area contributed by atoms with Crippen molar-refractivity contribution in [2.24, 2.45) is 0 Å². The average Bonchev–Trinajstić information content (AvgIpc) is 1.85. The predicted molar refractivity (Wildman–Crippen MR) is 29.9 cm³/mol. The number of hydrogen-bond acceptors (Lipinski definition) is 3. The van der Waals surface area contributed by atoms with E-state index in [0.29, 0.717) is 6.92 Å². The van der Waals surface area contributed by atoms with Crippen LogP contribution < -0.4 is 18.9 Å². The van der Waals surface area contributed by atoms with Crippen LogP contribution in [0.4, 0.5) is 17.6 Å². The summed E-state index contributed by atoms with van der Waals surface area (Å²) in [6.45, 7) is 0.652. The van der Waals surface area contributed by atoms with E-state index in [9.17, 15) is 30.5 Å². The van der Waals surface area contributed by atoms with Crippen LogP contribution in [0.25, 0.3) is 0 Å². The molecule has 0 N–H and O–H groups in total. The van der Waals surface area contributed by atoms with E-state index in [1.807, 2.05) is 0 Å². The molecule has 0 aliphatic rings. The van der Waals surface area contributed by atoms with Crippen LogP contribution in [0.2, 0.25) is 0 Å². The molecular formula is C4H5F4LiO3S. The Morgan fingerprint density at radius 2 is 1.54 bits per heavy atom. The third-order valence-corrected chi connectivity index (χ3v) is 2.11. The zero-order chi connectivity index (χ0) is 10.2. The van der Waals surface area contributed by atoms with Gasteiger partial charge >= 0.3 is 30.0 Å². The van der Waals surface area contributed by atoms with Crippen LogP contribution >= 0.6 is 0 Å². The normalized spacial score (nSPS) is 13.7. The Balaban J connectivity index is 0. The Morgan fingerprint density at radius 3 is 1.62 bits per heavy atom. The fraction of sp³-hybridized carbons (Fsp3) is 1.00. The third-order valence-electron chi connectivity index (χ3n) is 1.18. The van der Waals surface area contributed by atoms with Gasteiger partial charge in [-0.25, -0.2) is 8.42 Å². The van der Waals surface area contributed by atoms with Gasteiger partial charge in [-0.15, -0.1) is 0 Å². The predicted octanol–water partition coefficient (Wildman–Crippen LogP) is -1.83. The number of rotatable bonds is 3. The Morgan fingerprint density at radius 1 is 1.23 bits per heavy atom. The molecule has 0 spiro atoms. The van der Waals surface area contributed by atoms with Gasteiger partial charge in [0.1, 0.15) is 0 Å². The second-order valence-corrected chi connectivity index (χ2v) is 3.45. The Kier molecular flexibility index (Phi) is 5.03. The van der Waals surface area contributed by atoms with Crippen LogP contribution in [0, 0.1) is 0 Å². The van der Waals surface area contributed by atoms with E-state index in [-0.39, 0.29) is 18.9 Å². The second-order valence-electron chi connectivity index (χ2n) is 2.03. The summed E-state index contributed by atoms with van der Waals surface area (Å²) in [6, 6.07) is 0. The molecule has 0 fully saturated rings. The van der Waals surface area contributed by atoms with E-state index in [4.69, 9.17) is 0 Å². The molecule has 0 unspecified atom stereocenters. The van der Waals surface area contributed by atoms with E-state index in [1.54, 1.807) is 0 Å². The van der Waals surface area contributed by atoms with Gasteiger partial charge in [0, 0.05) is 6.42 Å². The van der Waals surface area contributed by atoms with Crippen molar-refractivity contribution in [2.45, 2.75) is 24.5 Å². The second kappa shape index (κ2) is 4.17. The summed E-state index contributed by atoms with van der Waals surface area (Å²) in [4.78, 5) is 0. The summed E-state index contributed by atoms with van der Waals surface area (Å²) in [6.07, 6.45) is -1.42. The van der Waals surface area contributed by atoms with E-state index < -0.39 is 27.7 Å². The maximum atomic E-state index is 12.1. The van der Waals surface area contributed by atoms with Crippen molar-refractivity contribution in [1.82, 2.24) is 0 Å². The molecule has 0 saturated heterocycles. The maximum Gasteiger partial charge on any atom is 1.00 e. The molecule has 0 heterocycles. The van der Waals surface area contributed by atoms with Crippen LogP contribution in [0.15, 0.2) is 0 Å². The molecule has 74 valence electrons. The zero-order valence-electron chi connectivity index (χ0n) is 6.85. The molecule has 13 heavy (non-hydrogen) atoms. The molecule has 0 aliphatic carbocycles. The van der Waals surface area contributed by atoms with E-state index in [0.717, 1.165) is 0 Å². The van der Waals surface area contributed by atoms with Crippen molar-refractivity contribution in [1.29, 1.82) is 0 Å². The maximum absolute atomic E-state index is 12.1. The van der Waals surface area contributed by atoms with Crippen LogP contribution in [-0.4, -0.2) is 24.1 Å². The van der Waals surface area contributed by atoms with Crippen LogP contribution in [0.1, 0.15) is 13.3 Å². The van der Waals surface area contributed by atoms with Crippen molar-refractivity contribution < 1.29 is 49.4 Å². The SMILES string of the molecule is CCC(F)(F)C(F)(F)S(=O)(=O)[O-].[Li+]. The molecule has 0 saturated carbocycles. The molecule has 0 rings (SSSR count). The molecule has 0 radical (unpaired) electrons. The fourth-order valence-corrected chi connectivity index (χ4v) is 0.899. The quantitative estimate of drug-likeness (QED) is 0.317. The standard InChI is InChI=1S/C4H6F4O3S.Li/c1-2-3(5,6)4(7,8)12(9,10)11;/h2H2,1H3,(H,9,10,11);/q;+1/p-1. The van der Waals surface area contributed by atoms with Gasteiger partial charge < -0.3 is 4.55 Å².